The molecule has 0 aliphatic heterocycles. The normalized spacial score (nSPS) is 13.6. The zero-order chi connectivity index (χ0) is 19.3. The van der Waals surface area contributed by atoms with Gasteiger partial charge in [0.05, 0.1) is 5.25 Å². The number of nitrogens with one attached hydrogen (secondary N) is 2. The molecule has 1 rings (SSSR count). The van der Waals surface area contributed by atoms with E-state index < -0.39 is 15.3 Å². The molecule has 1 amide bonds. The van der Waals surface area contributed by atoms with E-state index in [1.165, 1.54) is 0 Å². The molecule has 0 fully saturated rings. The number of carbonyl (C=O) groups excluding carboxylic acids is 1. The number of sulfonamides is 1. The Morgan fingerprint density at radius 1 is 1.12 bits per heavy atom. The third-order valence-corrected chi connectivity index (χ3v) is 5.36. The van der Waals surface area contributed by atoms with Crippen molar-refractivity contribution in [2.24, 2.45) is 0 Å². The Bertz CT molecular complexity index is 661. The van der Waals surface area contributed by atoms with Gasteiger partial charge in [0.15, 0.2) is 6.61 Å². The largest absolute Gasteiger partial charge is 0.484 e. The maximum atomic E-state index is 11.8. The van der Waals surface area contributed by atoms with Gasteiger partial charge in [-0.2, -0.15) is 0 Å². The lowest BCUT2D eigenvalue weighted by Crippen LogP contribution is -2.43. The molecule has 0 saturated heterocycles. The van der Waals surface area contributed by atoms with Gasteiger partial charge in [-0.1, -0.05) is 19.1 Å². The molecule has 25 heavy (non-hydrogen) atoms. The van der Waals surface area contributed by atoms with Crippen LogP contribution in [0.2, 0.25) is 0 Å². The minimum atomic E-state index is -3.26. The summed E-state index contributed by atoms with van der Waals surface area (Å²) in [7, 11) is -3.26. The summed E-state index contributed by atoms with van der Waals surface area (Å²) in [5.74, 6) is 0.461. The number of amides is 1. The molecule has 0 saturated carbocycles. The van der Waals surface area contributed by atoms with Gasteiger partial charge in [-0.05, 0) is 58.2 Å². The Labute approximate surface area is 151 Å². The molecule has 0 spiro atoms. The lowest BCUT2D eigenvalue weighted by Gasteiger charge is -2.20. The predicted octanol–water partition coefficient (Wildman–Crippen LogP) is 2.41. The van der Waals surface area contributed by atoms with Crippen LogP contribution < -0.4 is 14.8 Å². The first kappa shape index (κ1) is 21.4. The summed E-state index contributed by atoms with van der Waals surface area (Å²) in [6, 6.07) is 7.33. The van der Waals surface area contributed by atoms with E-state index >= 15 is 0 Å². The maximum absolute atomic E-state index is 11.8. The molecule has 2 N–H and O–H groups in total. The Hall–Kier alpha value is -1.60. The highest BCUT2D eigenvalue weighted by atomic mass is 32.2. The molecule has 1 aromatic rings. The molecule has 6 nitrogen and oxygen atoms in total. The van der Waals surface area contributed by atoms with Crippen LogP contribution in [0.1, 0.15) is 53.0 Å². The lowest BCUT2D eigenvalue weighted by molar-refractivity contribution is -0.124. The van der Waals surface area contributed by atoms with Crippen molar-refractivity contribution in [3.63, 3.8) is 0 Å². The second-order valence-corrected chi connectivity index (χ2v) is 9.82. The minimum Gasteiger partial charge on any atom is -0.484 e. The number of hydrogen-bond acceptors (Lipinski definition) is 4. The van der Waals surface area contributed by atoms with Gasteiger partial charge in [0.1, 0.15) is 5.75 Å². The SMILES string of the molecule is CC(CNS(=O)(=O)C(C)C)c1ccc(OCC(=O)NC(C)(C)C)cc1. The van der Waals surface area contributed by atoms with Gasteiger partial charge in [0, 0.05) is 12.1 Å². The fourth-order valence-electron chi connectivity index (χ4n) is 2.02. The number of ether oxygens (including phenoxy) is 1. The minimum absolute atomic E-state index is 0.0340. The van der Waals surface area contributed by atoms with Crippen LogP contribution in [0, 0.1) is 0 Å². The van der Waals surface area contributed by atoms with Crippen LogP contribution in [0.4, 0.5) is 0 Å². The quantitative estimate of drug-likeness (QED) is 0.736. The molecule has 0 heterocycles. The Kier molecular flexibility index (Phi) is 7.44. The molecule has 7 heteroatoms. The molecular weight excluding hydrogens is 340 g/mol. The molecule has 0 radical (unpaired) electrons. The van der Waals surface area contributed by atoms with Gasteiger partial charge in [0.25, 0.3) is 5.91 Å². The van der Waals surface area contributed by atoms with Crippen molar-refractivity contribution in [3.8, 4) is 5.75 Å². The lowest BCUT2D eigenvalue weighted by atomic mass is 10.0. The second kappa shape index (κ2) is 8.67. The molecule has 0 bridgehead atoms. The number of carbonyl (C=O) groups is 1. The van der Waals surface area contributed by atoms with Crippen LogP contribution in [0.3, 0.4) is 0 Å². The first-order valence-electron chi connectivity index (χ1n) is 8.43. The van der Waals surface area contributed by atoms with Crippen LogP contribution >= 0.6 is 0 Å². The molecule has 1 aromatic carbocycles. The topological polar surface area (TPSA) is 84.5 Å². The summed E-state index contributed by atoms with van der Waals surface area (Å²) < 4.78 is 31.7. The standard InChI is InChI=1S/C18H30N2O4S/c1-13(2)25(22,23)19-11-14(3)15-7-9-16(10-8-15)24-12-17(21)20-18(4,5)6/h7-10,13-14,19H,11-12H2,1-6H3,(H,20,21). The summed E-state index contributed by atoms with van der Waals surface area (Å²) in [4.78, 5) is 11.7. The van der Waals surface area contributed by atoms with Gasteiger partial charge >= 0.3 is 0 Å². The Morgan fingerprint density at radius 3 is 2.16 bits per heavy atom. The van der Waals surface area contributed by atoms with E-state index in [-0.39, 0.29) is 24.0 Å². The molecule has 0 aliphatic rings. The van der Waals surface area contributed by atoms with Gasteiger partial charge < -0.3 is 10.1 Å². The molecule has 0 aromatic heterocycles. The highest BCUT2D eigenvalue weighted by molar-refractivity contribution is 7.90. The van der Waals surface area contributed by atoms with E-state index in [0.29, 0.717) is 12.3 Å². The van der Waals surface area contributed by atoms with Gasteiger partial charge in [0.2, 0.25) is 10.0 Å². The van der Waals surface area contributed by atoms with Crippen molar-refractivity contribution in [3.05, 3.63) is 29.8 Å². The predicted molar refractivity (Wildman–Crippen MR) is 100 cm³/mol. The van der Waals surface area contributed by atoms with Crippen LogP contribution in [-0.2, 0) is 14.8 Å². The molecule has 142 valence electrons. The van der Waals surface area contributed by atoms with Crippen LogP contribution in [0.25, 0.3) is 0 Å². The van der Waals surface area contributed by atoms with Crippen molar-refractivity contribution < 1.29 is 17.9 Å². The van der Waals surface area contributed by atoms with Crippen molar-refractivity contribution >= 4 is 15.9 Å². The molecule has 1 atom stereocenters. The van der Waals surface area contributed by atoms with Crippen molar-refractivity contribution in [1.29, 1.82) is 0 Å². The zero-order valence-corrected chi connectivity index (χ0v) is 16.7. The third kappa shape index (κ3) is 7.88. The van der Waals surface area contributed by atoms with E-state index in [1.54, 1.807) is 26.0 Å². The number of rotatable bonds is 8. The molecule has 1 unspecified atom stereocenters. The molecular formula is C18H30N2O4S. The summed E-state index contributed by atoms with van der Waals surface area (Å²) >= 11 is 0. The zero-order valence-electron chi connectivity index (χ0n) is 15.9. The van der Waals surface area contributed by atoms with E-state index in [9.17, 15) is 13.2 Å². The third-order valence-electron chi connectivity index (χ3n) is 3.54. The Balaban J connectivity index is 2.54. The monoisotopic (exact) mass is 370 g/mol. The highest BCUT2D eigenvalue weighted by Gasteiger charge is 2.17. The van der Waals surface area contributed by atoms with Gasteiger partial charge in [-0.25, -0.2) is 13.1 Å². The fraction of sp³-hybridized carbons (Fsp3) is 0.611. The van der Waals surface area contributed by atoms with Gasteiger partial charge in [-0.15, -0.1) is 0 Å². The summed E-state index contributed by atoms with van der Waals surface area (Å²) in [5.41, 5.74) is 0.709. The number of hydrogen-bond donors (Lipinski definition) is 2. The average molecular weight is 371 g/mol. The Morgan fingerprint density at radius 2 is 1.68 bits per heavy atom. The van der Waals surface area contributed by atoms with E-state index in [0.717, 1.165) is 5.56 Å². The summed E-state index contributed by atoms with van der Waals surface area (Å²) in [6.07, 6.45) is 0. The first-order chi connectivity index (χ1) is 11.4. The van der Waals surface area contributed by atoms with Crippen LogP contribution in [0.5, 0.6) is 5.75 Å². The first-order valence-corrected chi connectivity index (χ1v) is 9.97. The fourth-order valence-corrected chi connectivity index (χ4v) is 2.84. The molecule has 0 aliphatic carbocycles. The number of benzene rings is 1. The summed E-state index contributed by atoms with van der Waals surface area (Å²) in [6.45, 7) is 11.3. The van der Waals surface area contributed by atoms with Crippen molar-refractivity contribution in [2.75, 3.05) is 13.2 Å². The maximum Gasteiger partial charge on any atom is 0.258 e. The van der Waals surface area contributed by atoms with Crippen LogP contribution in [0.15, 0.2) is 24.3 Å². The van der Waals surface area contributed by atoms with E-state index in [4.69, 9.17) is 4.74 Å². The van der Waals surface area contributed by atoms with E-state index in [1.807, 2.05) is 39.8 Å². The summed E-state index contributed by atoms with van der Waals surface area (Å²) in [5, 5.41) is 2.38. The van der Waals surface area contributed by atoms with Crippen molar-refractivity contribution in [2.45, 2.75) is 58.2 Å². The van der Waals surface area contributed by atoms with Crippen LogP contribution in [-0.4, -0.2) is 38.3 Å². The van der Waals surface area contributed by atoms with Gasteiger partial charge in [-0.3, -0.25) is 4.79 Å². The smallest absolute Gasteiger partial charge is 0.258 e. The van der Waals surface area contributed by atoms with E-state index in [2.05, 4.69) is 10.0 Å². The average Bonchev–Trinajstić information content (AvgIpc) is 2.49. The highest BCUT2D eigenvalue weighted by Crippen LogP contribution is 2.19. The second-order valence-electron chi connectivity index (χ2n) is 7.50. The van der Waals surface area contributed by atoms with Crippen molar-refractivity contribution in [1.82, 2.24) is 10.0 Å².